The SMILES string of the molecule is C=CCN=CNP(=S)(OC(C)C)SCCCC. The summed E-state index contributed by atoms with van der Waals surface area (Å²) in [5.41, 5.74) is -2.03. The lowest BCUT2D eigenvalue weighted by molar-refractivity contribution is 0.274. The molecule has 3 nitrogen and oxygen atoms in total. The van der Waals surface area contributed by atoms with Crippen molar-refractivity contribution in [1.29, 1.82) is 0 Å². The summed E-state index contributed by atoms with van der Waals surface area (Å²) in [5, 5.41) is 3.15. The number of rotatable bonds is 10. The Bertz CT molecular complexity index is 283. The van der Waals surface area contributed by atoms with Crippen LogP contribution in [0.1, 0.15) is 33.6 Å². The van der Waals surface area contributed by atoms with Crippen molar-refractivity contribution in [2.24, 2.45) is 4.99 Å². The van der Waals surface area contributed by atoms with Crippen LogP contribution in [0.25, 0.3) is 0 Å². The molecule has 0 fully saturated rings. The van der Waals surface area contributed by atoms with Crippen molar-refractivity contribution < 1.29 is 4.52 Å². The van der Waals surface area contributed by atoms with E-state index in [0.717, 1.165) is 12.2 Å². The van der Waals surface area contributed by atoms with E-state index in [2.05, 4.69) is 23.6 Å². The van der Waals surface area contributed by atoms with Crippen LogP contribution in [-0.4, -0.2) is 24.7 Å². The number of nitrogens with zero attached hydrogens (tertiary/aromatic N) is 1. The summed E-state index contributed by atoms with van der Waals surface area (Å²) in [7, 11) is 0. The van der Waals surface area contributed by atoms with E-state index in [0.29, 0.717) is 6.54 Å². The maximum atomic E-state index is 5.83. The van der Waals surface area contributed by atoms with Crippen molar-refractivity contribution in [3.8, 4) is 0 Å². The second kappa shape index (κ2) is 10.1. The smallest absolute Gasteiger partial charge is 0.211 e. The van der Waals surface area contributed by atoms with Gasteiger partial charge in [0.1, 0.15) is 0 Å². The summed E-state index contributed by atoms with van der Waals surface area (Å²) in [6.07, 6.45) is 5.87. The molecule has 17 heavy (non-hydrogen) atoms. The van der Waals surface area contributed by atoms with Crippen LogP contribution in [0, 0.1) is 0 Å². The van der Waals surface area contributed by atoms with Crippen LogP contribution in [0.2, 0.25) is 0 Å². The van der Waals surface area contributed by atoms with Crippen molar-refractivity contribution in [3.05, 3.63) is 12.7 Å². The van der Waals surface area contributed by atoms with Gasteiger partial charge in [-0.15, -0.1) is 6.58 Å². The molecule has 1 N–H and O–H groups in total. The van der Waals surface area contributed by atoms with E-state index < -0.39 is 5.62 Å². The van der Waals surface area contributed by atoms with E-state index in [1.54, 1.807) is 23.8 Å². The first-order chi connectivity index (χ1) is 8.04. The Kier molecular flexibility index (Phi) is 10.2. The Hall–Kier alpha value is 0.170. The molecule has 0 radical (unpaired) electrons. The minimum Gasteiger partial charge on any atom is -0.324 e. The quantitative estimate of drug-likeness (QED) is 0.217. The number of aliphatic imine (C=N–C) groups is 1. The van der Waals surface area contributed by atoms with Gasteiger partial charge in [0.15, 0.2) is 0 Å². The van der Waals surface area contributed by atoms with Crippen molar-refractivity contribution in [3.63, 3.8) is 0 Å². The standard InChI is InChI=1S/C11H23N2OPS2/c1-5-7-9-17-15(16,14-11(3)4)13-10-12-8-6-2/h6,10-11H,2,5,7-9H2,1,3-4H3,(H,12,13,16). The first kappa shape index (κ1) is 17.2. The maximum Gasteiger partial charge on any atom is 0.211 e. The summed E-state index contributed by atoms with van der Waals surface area (Å²) in [5.74, 6) is 1.03. The van der Waals surface area contributed by atoms with E-state index >= 15 is 0 Å². The van der Waals surface area contributed by atoms with Crippen LogP contribution < -0.4 is 5.09 Å². The Balaban J connectivity index is 4.28. The van der Waals surface area contributed by atoms with Crippen molar-refractivity contribution >= 4 is 35.1 Å². The molecule has 0 rings (SSSR count). The molecule has 0 aliphatic rings. The highest BCUT2D eigenvalue weighted by Crippen LogP contribution is 2.56. The van der Waals surface area contributed by atoms with Crippen LogP contribution in [-0.2, 0) is 16.3 Å². The van der Waals surface area contributed by atoms with Gasteiger partial charge in [0.25, 0.3) is 0 Å². The fourth-order valence-corrected chi connectivity index (χ4v) is 6.08. The highest BCUT2D eigenvalue weighted by atomic mass is 32.9. The molecule has 0 aromatic heterocycles. The zero-order valence-corrected chi connectivity index (χ0v) is 13.4. The lowest BCUT2D eigenvalue weighted by Gasteiger charge is -2.23. The Labute approximate surface area is 114 Å². The third kappa shape index (κ3) is 9.83. The van der Waals surface area contributed by atoms with Gasteiger partial charge in [-0.05, 0) is 32.1 Å². The van der Waals surface area contributed by atoms with Crippen LogP contribution in [0.15, 0.2) is 17.6 Å². The molecule has 0 aliphatic carbocycles. The van der Waals surface area contributed by atoms with Crippen molar-refractivity contribution in [1.82, 2.24) is 5.09 Å². The predicted octanol–water partition coefficient (Wildman–Crippen LogP) is 3.97. The topological polar surface area (TPSA) is 33.6 Å². The second-order valence-electron chi connectivity index (χ2n) is 3.75. The molecule has 0 spiro atoms. The first-order valence-electron chi connectivity index (χ1n) is 5.84. The normalized spacial score (nSPS) is 15.1. The average Bonchev–Trinajstić information content (AvgIpc) is 2.24. The van der Waals surface area contributed by atoms with Crippen molar-refractivity contribution in [2.75, 3.05) is 12.3 Å². The minimum absolute atomic E-state index is 0.135. The predicted molar refractivity (Wildman–Crippen MR) is 84.6 cm³/mol. The van der Waals surface area contributed by atoms with Crippen LogP contribution >= 0.6 is 17.0 Å². The Morgan fingerprint density at radius 3 is 2.82 bits per heavy atom. The molecule has 1 unspecified atom stereocenters. The lowest BCUT2D eigenvalue weighted by Crippen LogP contribution is -2.12. The molecule has 1 atom stereocenters. The lowest BCUT2D eigenvalue weighted by atomic mass is 10.4. The van der Waals surface area contributed by atoms with Gasteiger partial charge in [0.05, 0.1) is 19.0 Å². The summed E-state index contributed by atoms with van der Waals surface area (Å²) in [6, 6.07) is 0. The molecule has 0 saturated heterocycles. The van der Waals surface area contributed by atoms with Gasteiger partial charge in [-0.25, -0.2) is 0 Å². The zero-order valence-electron chi connectivity index (χ0n) is 10.9. The largest absolute Gasteiger partial charge is 0.324 e. The van der Waals surface area contributed by atoms with E-state index in [1.807, 2.05) is 13.8 Å². The summed E-state index contributed by atoms with van der Waals surface area (Å²) < 4.78 is 5.83. The monoisotopic (exact) mass is 294 g/mol. The van der Waals surface area contributed by atoms with Crippen molar-refractivity contribution in [2.45, 2.75) is 39.7 Å². The number of hydrogen-bond acceptors (Lipinski definition) is 4. The second-order valence-corrected chi connectivity index (χ2v) is 10.4. The van der Waals surface area contributed by atoms with Gasteiger partial charge in [0.2, 0.25) is 5.62 Å². The molecule has 0 bridgehead atoms. The average molecular weight is 294 g/mol. The number of hydrogen-bond donors (Lipinski definition) is 1. The maximum absolute atomic E-state index is 5.83. The molecular formula is C11H23N2OPS2. The summed E-state index contributed by atoms with van der Waals surface area (Å²) in [6.45, 7) is 10.4. The fraction of sp³-hybridized carbons (Fsp3) is 0.727. The highest BCUT2D eigenvalue weighted by molar-refractivity contribution is 8.68. The van der Waals surface area contributed by atoms with Gasteiger partial charge < -0.3 is 9.61 Å². The molecule has 0 aliphatic heterocycles. The molecule has 0 amide bonds. The van der Waals surface area contributed by atoms with Gasteiger partial charge in [-0.2, -0.15) is 0 Å². The molecular weight excluding hydrogens is 271 g/mol. The summed E-state index contributed by atoms with van der Waals surface area (Å²) in [4.78, 5) is 4.12. The Morgan fingerprint density at radius 1 is 1.59 bits per heavy atom. The fourth-order valence-electron chi connectivity index (χ4n) is 0.944. The Morgan fingerprint density at radius 2 is 2.29 bits per heavy atom. The van der Waals surface area contributed by atoms with Crippen LogP contribution in [0.5, 0.6) is 0 Å². The third-order valence-corrected chi connectivity index (χ3v) is 7.26. The van der Waals surface area contributed by atoms with E-state index in [-0.39, 0.29) is 6.10 Å². The zero-order chi connectivity index (χ0) is 13.1. The summed E-state index contributed by atoms with van der Waals surface area (Å²) >= 11 is 7.28. The molecule has 100 valence electrons. The van der Waals surface area contributed by atoms with Crippen LogP contribution in [0.3, 0.4) is 0 Å². The van der Waals surface area contributed by atoms with Gasteiger partial charge >= 0.3 is 0 Å². The minimum atomic E-state index is -2.03. The van der Waals surface area contributed by atoms with Gasteiger partial charge in [0, 0.05) is 5.75 Å². The molecule has 0 aromatic carbocycles. The molecule has 6 heteroatoms. The molecule has 0 saturated carbocycles. The van der Waals surface area contributed by atoms with Crippen LogP contribution in [0.4, 0.5) is 0 Å². The number of nitrogens with one attached hydrogen (secondary N) is 1. The number of unbranched alkanes of at least 4 members (excludes halogenated alkanes) is 1. The third-order valence-electron chi connectivity index (χ3n) is 1.65. The van der Waals surface area contributed by atoms with E-state index in [9.17, 15) is 0 Å². The molecule has 0 heterocycles. The van der Waals surface area contributed by atoms with E-state index in [1.165, 1.54) is 6.42 Å². The highest BCUT2D eigenvalue weighted by Gasteiger charge is 2.18. The molecule has 0 aromatic rings. The first-order valence-corrected chi connectivity index (χ1v) is 10.1. The van der Waals surface area contributed by atoms with Gasteiger partial charge in [-0.1, -0.05) is 30.8 Å². The van der Waals surface area contributed by atoms with Gasteiger partial charge in [-0.3, -0.25) is 4.99 Å². The van der Waals surface area contributed by atoms with E-state index in [4.69, 9.17) is 16.3 Å².